The quantitative estimate of drug-likeness (QED) is 0.398. The molecule has 1 heterocycles. The molecule has 12 heteroatoms. The lowest BCUT2D eigenvalue weighted by Gasteiger charge is -2.25. The van der Waals surface area contributed by atoms with Crippen LogP contribution in [0.25, 0.3) is 0 Å². The summed E-state index contributed by atoms with van der Waals surface area (Å²) < 4.78 is 53.9. The summed E-state index contributed by atoms with van der Waals surface area (Å²) in [6.07, 6.45) is 5.74. The van der Waals surface area contributed by atoms with E-state index in [0.29, 0.717) is 25.3 Å². The minimum absolute atomic E-state index is 0.0368. The fourth-order valence-electron chi connectivity index (χ4n) is 3.15. The minimum atomic E-state index is -4.26. The van der Waals surface area contributed by atoms with Crippen LogP contribution in [0.1, 0.15) is 6.42 Å². The van der Waals surface area contributed by atoms with Gasteiger partial charge in [-0.25, -0.2) is 17.8 Å². The zero-order valence-corrected chi connectivity index (χ0v) is 20.1. The highest BCUT2D eigenvalue weighted by molar-refractivity contribution is 7.92. The number of aryl methyl sites for hydroxylation is 1. The van der Waals surface area contributed by atoms with Crippen LogP contribution in [0.3, 0.4) is 0 Å². The van der Waals surface area contributed by atoms with Crippen molar-refractivity contribution in [2.75, 3.05) is 31.6 Å². The van der Waals surface area contributed by atoms with E-state index in [1.165, 1.54) is 38.5 Å². The lowest BCUT2D eigenvalue weighted by molar-refractivity contribution is -0.119. The third kappa shape index (κ3) is 5.97. The second-order valence-corrected chi connectivity index (χ2v) is 9.40. The number of halogens is 2. The van der Waals surface area contributed by atoms with Crippen molar-refractivity contribution in [3.05, 3.63) is 66.0 Å². The summed E-state index contributed by atoms with van der Waals surface area (Å²) in [7, 11) is -1.45. The number of imidazole rings is 1. The molecule has 0 aliphatic carbocycles. The largest absolute Gasteiger partial charge is 0.493 e. The maximum Gasteiger partial charge on any atom is 0.264 e. The van der Waals surface area contributed by atoms with Gasteiger partial charge >= 0.3 is 0 Å². The van der Waals surface area contributed by atoms with Crippen molar-refractivity contribution >= 4 is 33.2 Å². The normalized spacial score (nSPS) is 11.2. The topological polar surface area (TPSA) is 103 Å². The molecule has 0 spiro atoms. The number of hydrogen-bond acceptors (Lipinski definition) is 6. The van der Waals surface area contributed by atoms with Crippen LogP contribution < -0.4 is 19.1 Å². The van der Waals surface area contributed by atoms with Crippen molar-refractivity contribution in [1.82, 2.24) is 14.9 Å². The van der Waals surface area contributed by atoms with Gasteiger partial charge in [0, 0.05) is 31.5 Å². The fourth-order valence-corrected chi connectivity index (χ4v) is 4.76. The smallest absolute Gasteiger partial charge is 0.264 e. The Morgan fingerprint density at radius 1 is 1.18 bits per heavy atom. The summed E-state index contributed by atoms with van der Waals surface area (Å²) in [6, 6.07) is 7.50. The number of sulfonamides is 1. The number of anilines is 1. The zero-order valence-electron chi connectivity index (χ0n) is 18.6. The summed E-state index contributed by atoms with van der Waals surface area (Å²) >= 11 is 5.89. The van der Waals surface area contributed by atoms with E-state index in [1.54, 1.807) is 18.7 Å². The molecule has 182 valence electrons. The molecule has 0 atom stereocenters. The van der Waals surface area contributed by atoms with E-state index in [1.807, 2.05) is 4.57 Å². The van der Waals surface area contributed by atoms with Crippen molar-refractivity contribution in [2.45, 2.75) is 17.9 Å². The van der Waals surface area contributed by atoms with E-state index in [2.05, 4.69) is 10.3 Å². The van der Waals surface area contributed by atoms with Crippen LogP contribution in [0.5, 0.6) is 11.5 Å². The third-order valence-electron chi connectivity index (χ3n) is 4.90. The first-order chi connectivity index (χ1) is 16.3. The summed E-state index contributed by atoms with van der Waals surface area (Å²) in [6.45, 7) is 0.427. The fraction of sp³-hybridized carbons (Fsp3) is 0.273. The van der Waals surface area contributed by atoms with Gasteiger partial charge in [-0.05, 0) is 36.8 Å². The molecule has 1 N–H and O–H groups in total. The number of aromatic nitrogens is 2. The molecule has 0 saturated heterocycles. The highest BCUT2D eigenvalue weighted by atomic mass is 35.5. The molecule has 1 aromatic heterocycles. The predicted molar refractivity (Wildman–Crippen MR) is 125 cm³/mol. The van der Waals surface area contributed by atoms with E-state index in [4.69, 9.17) is 21.1 Å². The van der Waals surface area contributed by atoms with E-state index in [9.17, 15) is 17.6 Å². The van der Waals surface area contributed by atoms with E-state index >= 15 is 0 Å². The first-order valence-electron chi connectivity index (χ1n) is 10.2. The van der Waals surface area contributed by atoms with Crippen LogP contribution in [-0.2, 0) is 21.4 Å². The van der Waals surface area contributed by atoms with Crippen molar-refractivity contribution in [3.63, 3.8) is 0 Å². The average Bonchev–Trinajstić information content (AvgIpc) is 3.35. The van der Waals surface area contributed by atoms with Crippen LogP contribution in [0.2, 0.25) is 5.02 Å². The maximum atomic E-state index is 13.7. The molecule has 3 rings (SSSR count). The molecule has 0 unspecified atom stereocenters. The van der Waals surface area contributed by atoms with Gasteiger partial charge in [0.2, 0.25) is 5.91 Å². The molecule has 0 radical (unpaired) electrons. The molecule has 0 bridgehead atoms. The van der Waals surface area contributed by atoms with Gasteiger partial charge in [-0.3, -0.25) is 9.10 Å². The number of ether oxygens (including phenoxy) is 2. The Bertz CT molecular complexity index is 1240. The molecule has 9 nitrogen and oxygen atoms in total. The maximum absolute atomic E-state index is 13.7. The number of hydrogen-bond donors (Lipinski definition) is 1. The molecule has 0 aliphatic heterocycles. The standard InChI is InChI=1S/C22H24ClFN4O5S/c1-32-20-7-5-17(13-21(20)33-2)34(30,31)28(16-4-6-19(24)18(23)12-16)14-22(29)26-8-3-10-27-11-9-25-15-27/h4-7,9,11-13,15H,3,8,10,14H2,1-2H3,(H,26,29). The third-order valence-corrected chi connectivity index (χ3v) is 6.96. The van der Waals surface area contributed by atoms with Crippen molar-refractivity contribution in [1.29, 1.82) is 0 Å². The Kier molecular flexibility index (Phi) is 8.35. The summed E-state index contributed by atoms with van der Waals surface area (Å²) in [5.74, 6) is -0.703. The molecule has 3 aromatic rings. The number of amides is 1. The monoisotopic (exact) mass is 510 g/mol. The Balaban J connectivity index is 1.84. The number of benzene rings is 2. The van der Waals surface area contributed by atoms with Crippen LogP contribution in [0, 0.1) is 5.82 Å². The van der Waals surface area contributed by atoms with E-state index < -0.39 is 28.3 Å². The van der Waals surface area contributed by atoms with Crippen LogP contribution in [-0.4, -0.2) is 51.2 Å². The summed E-state index contributed by atoms with van der Waals surface area (Å²) in [5, 5.41) is 2.43. The summed E-state index contributed by atoms with van der Waals surface area (Å²) in [4.78, 5) is 16.5. The number of nitrogens with zero attached hydrogens (tertiary/aromatic N) is 3. The van der Waals surface area contributed by atoms with Crippen LogP contribution in [0.15, 0.2) is 60.0 Å². The molecule has 0 saturated carbocycles. The lowest BCUT2D eigenvalue weighted by Crippen LogP contribution is -2.41. The Labute approximate surface area is 202 Å². The van der Waals surface area contributed by atoms with Gasteiger partial charge in [0.05, 0.1) is 36.2 Å². The Hall–Kier alpha value is -3.31. The molecule has 34 heavy (non-hydrogen) atoms. The van der Waals surface area contributed by atoms with Gasteiger partial charge in [-0.1, -0.05) is 11.6 Å². The van der Waals surface area contributed by atoms with Crippen LogP contribution in [0.4, 0.5) is 10.1 Å². The van der Waals surface area contributed by atoms with Crippen molar-refractivity contribution in [2.24, 2.45) is 0 Å². The van der Waals surface area contributed by atoms with Crippen molar-refractivity contribution in [3.8, 4) is 11.5 Å². The molecular weight excluding hydrogens is 487 g/mol. The minimum Gasteiger partial charge on any atom is -0.493 e. The number of rotatable bonds is 11. The molecular formula is C22H24ClFN4O5S. The SMILES string of the molecule is COc1ccc(S(=O)(=O)N(CC(=O)NCCCn2ccnc2)c2ccc(F)c(Cl)c2)cc1OC. The highest BCUT2D eigenvalue weighted by Gasteiger charge is 2.29. The Morgan fingerprint density at radius 2 is 1.94 bits per heavy atom. The van der Waals surface area contributed by atoms with Gasteiger partial charge in [-0.15, -0.1) is 0 Å². The molecule has 2 aromatic carbocycles. The first kappa shape index (κ1) is 25.3. The highest BCUT2D eigenvalue weighted by Crippen LogP contribution is 2.33. The second-order valence-electron chi connectivity index (χ2n) is 7.13. The van der Waals surface area contributed by atoms with Gasteiger partial charge in [0.1, 0.15) is 12.4 Å². The zero-order chi connectivity index (χ0) is 24.7. The number of carbonyl (C=O) groups is 1. The van der Waals surface area contributed by atoms with E-state index in [-0.39, 0.29) is 21.4 Å². The number of carbonyl (C=O) groups excluding carboxylic acids is 1. The lowest BCUT2D eigenvalue weighted by atomic mass is 10.3. The number of methoxy groups -OCH3 is 2. The summed E-state index contributed by atoms with van der Waals surface area (Å²) in [5.41, 5.74) is 0.0368. The first-order valence-corrected chi connectivity index (χ1v) is 12.0. The molecule has 1 amide bonds. The molecule has 0 fully saturated rings. The average molecular weight is 511 g/mol. The van der Waals surface area contributed by atoms with Crippen LogP contribution >= 0.6 is 11.6 Å². The van der Waals surface area contributed by atoms with E-state index in [0.717, 1.165) is 16.4 Å². The second kappa shape index (κ2) is 11.2. The van der Waals surface area contributed by atoms with Gasteiger partial charge in [0.15, 0.2) is 11.5 Å². The van der Waals surface area contributed by atoms with Gasteiger partial charge in [-0.2, -0.15) is 0 Å². The van der Waals surface area contributed by atoms with Gasteiger partial charge in [0.25, 0.3) is 10.0 Å². The Morgan fingerprint density at radius 3 is 2.59 bits per heavy atom. The predicted octanol–water partition coefficient (Wildman–Crippen LogP) is 3.09. The number of nitrogens with one attached hydrogen (secondary N) is 1. The van der Waals surface area contributed by atoms with Crippen molar-refractivity contribution < 1.29 is 27.1 Å². The van der Waals surface area contributed by atoms with Gasteiger partial charge < -0.3 is 19.4 Å². The molecule has 0 aliphatic rings.